The molecule has 7 heteroatoms. The minimum absolute atomic E-state index is 0.123. The third-order valence-corrected chi connectivity index (χ3v) is 4.34. The Hall–Kier alpha value is -1.63. The maximum Gasteiger partial charge on any atom is 0.252 e. The van der Waals surface area contributed by atoms with Crippen molar-refractivity contribution in [2.45, 2.75) is 25.4 Å². The molecule has 1 fully saturated rings. The van der Waals surface area contributed by atoms with Gasteiger partial charge in [0.25, 0.3) is 5.91 Å². The maximum absolute atomic E-state index is 12.3. The molecule has 1 aromatic rings. The van der Waals surface area contributed by atoms with E-state index in [0.29, 0.717) is 36.6 Å². The lowest BCUT2D eigenvalue weighted by atomic mass is 9.91. The van der Waals surface area contributed by atoms with Crippen molar-refractivity contribution in [2.75, 3.05) is 32.1 Å². The zero-order chi connectivity index (χ0) is 16.9. The largest absolute Gasteiger partial charge is 0.368 e. The molecule has 0 unspecified atom stereocenters. The lowest BCUT2D eigenvalue weighted by molar-refractivity contribution is -0.147. The third-order valence-electron chi connectivity index (χ3n) is 4.02. The Labute approximate surface area is 140 Å². The summed E-state index contributed by atoms with van der Waals surface area (Å²) in [6.07, 6.45) is 1.17. The summed E-state index contributed by atoms with van der Waals surface area (Å²) in [6.45, 7) is 3.22. The second kappa shape index (κ2) is 7.77. The van der Waals surface area contributed by atoms with Crippen LogP contribution in [0.2, 0.25) is 5.02 Å². The predicted molar refractivity (Wildman–Crippen MR) is 89.7 cm³/mol. The Bertz CT molecular complexity index is 586. The van der Waals surface area contributed by atoms with Crippen molar-refractivity contribution in [1.82, 2.24) is 10.6 Å². The SMILES string of the molecule is COC1(C(=O)NCC(=O)Nc2ccc(C)cc2Cl)CCNCC1. The van der Waals surface area contributed by atoms with Crippen molar-refractivity contribution in [3.8, 4) is 0 Å². The fourth-order valence-corrected chi connectivity index (χ4v) is 2.87. The number of amides is 2. The number of hydrogen-bond donors (Lipinski definition) is 3. The fourth-order valence-electron chi connectivity index (χ4n) is 2.59. The lowest BCUT2D eigenvalue weighted by Crippen LogP contribution is -2.55. The van der Waals surface area contributed by atoms with Gasteiger partial charge in [-0.3, -0.25) is 9.59 Å². The summed E-state index contributed by atoms with van der Waals surface area (Å²) in [4.78, 5) is 24.3. The molecule has 126 valence electrons. The monoisotopic (exact) mass is 339 g/mol. The number of benzene rings is 1. The van der Waals surface area contributed by atoms with Gasteiger partial charge < -0.3 is 20.7 Å². The Morgan fingerprint density at radius 3 is 2.65 bits per heavy atom. The van der Waals surface area contributed by atoms with Crippen molar-refractivity contribution >= 4 is 29.1 Å². The molecule has 1 heterocycles. The van der Waals surface area contributed by atoms with E-state index in [9.17, 15) is 9.59 Å². The number of carbonyl (C=O) groups excluding carboxylic acids is 2. The van der Waals surface area contributed by atoms with E-state index < -0.39 is 5.60 Å². The van der Waals surface area contributed by atoms with E-state index in [-0.39, 0.29) is 18.4 Å². The minimum Gasteiger partial charge on any atom is -0.368 e. The van der Waals surface area contributed by atoms with Gasteiger partial charge in [-0.1, -0.05) is 17.7 Å². The highest BCUT2D eigenvalue weighted by molar-refractivity contribution is 6.33. The van der Waals surface area contributed by atoms with E-state index in [4.69, 9.17) is 16.3 Å². The molecule has 6 nitrogen and oxygen atoms in total. The Balaban J connectivity index is 1.89. The molecular weight excluding hydrogens is 318 g/mol. The van der Waals surface area contributed by atoms with E-state index in [1.165, 1.54) is 7.11 Å². The number of rotatable bonds is 5. The highest BCUT2D eigenvalue weighted by Gasteiger charge is 2.39. The molecule has 1 aliphatic heterocycles. The van der Waals surface area contributed by atoms with Gasteiger partial charge in [0.2, 0.25) is 5.91 Å². The zero-order valence-corrected chi connectivity index (χ0v) is 14.1. The normalized spacial score (nSPS) is 16.7. The number of aryl methyl sites for hydroxylation is 1. The van der Waals surface area contributed by atoms with Crippen molar-refractivity contribution in [1.29, 1.82) is 0 Å². The fraction of sp³-hybridized carbons (Fsp3) is 0.500. The Kier molecular flexibility index (Phi) is 5.98. The molecule has 0 saturated carbocycles. The van der Waals surface area contributed by atoms with Crippen LogP contribution >= 0.6 is 11.6 Å². The number of methoxy groups -OCH3 is 1. The molecule has 0 atom stereocenters. The topological polar surface area (TPSA) is 79.5 Å². The molecule has 23 heavy (non-hydrogen) atoms. The molecule has 1 aromatic carbocycles. The van der Waals surface area contributed by atoms with Gasteiger partial charge in [0.1, 0.15) is 5.60 Å². The first-order valence-corrected chi connectivity index (χ1v) is 7.95. The molecule has 1 aliphatic rings. The van der Waals surface area contributed by atoms with Crippen molar-refractivity contribution in [3.63, 3.8) is 0 Å². The van der Waals surface area contributed by atoms with Gasteiger partial charge >= 0.3 is 0 Å². The Morgan fingerprint density at radius 2 is 2.04 bits per heavy atom. The van der Waals surface area contributed by atoms with E-state index in [0.717, 1.165) is 5.56 Å². The second-order valence-corrected chi connectivity index (χ2v) is 6.07. The smallest absolute Gasteiger partial charge is 0.252 e. The van der Waals surface area contributed by atoms with E-state index in [1.54, 1.807) is 12.1 Å². The second-order valence-electron chi connectivity index (χ2n) is 5.66. The first-order valence-electron chi connectivity index (χ1n) is 7.57. The molecule has 0 aromatic heterocycles. The minimum atomic E-state index is -0.854. The van der Waals surface area contributed by atoms with Crippen LogP contribution in [0.15, 0.2) is 18.2 Å². The predicted octanol–water partition coefficient (Wildman–Crippen LogP) is 1.47. The quantitative estimate of drug-likeness (QED) is 0.759. The first-order chi connectivity index (χ1) is 11.0. The van der Waals surface area contributed by atoms with Crippen LogP contribution in [-0.2, 0) is 14.3 Å². The molecule has 1 saturated heterocycles. The lowest BCUT2D eigenvalue weighted by Gasteiger charge is -2.34. The average Bonchev–Trinajstić information content (AvgIpc) is 2.55. The van der Waals surface area contributed by atoms with Crippen molar-refractivity contribution in [2.24, 2.45) is 0 Å². The number of piperidine rings is 1. The summed E-state index contributed by atoms with van der Waals surface area (Å²) in [5, 5.41) is 8.99. The molecular formula is C16H22ClN3O3. The standard InChI is InChI=1S/C16H22ClN3O3/c1-11-3-4-13(12(17)9-11)20-14(21)10-19-15(22)16(23-2)5-7-18-8-6-16/h3-4,9,18H,5-8,10H2,1-2H3,(H,19,22)(H,20,21). The number of nitrogens with one attached hydrogen (secondary N) is 3. The van der Waals surface area contributed by atoms with Gasteiger partial charge in [0.15, 0.2) is 0 Å². The maximum atomic E-state index is 12.3. The van der Waals surface area contributed by atoms with E-state index in [2.05, 4.69) is 16.0 Å². The molecule has 0 spiro atoms. The zero-order valence-electron chi connectivity index (χ0n) is 13.4. The van der Waals surface area contributed by atoms with E-state index in [1.807, 2.05) is 13.0 Å². The molecule has 2 rings (SSSR count). The van der Waals surface area contributed by atoms with Crippen LogP contribution in [0.5, 0.6) is 0 Å². The number of ether oxygens (including phenoxy) is 1. The van der Waals surface area contributed by atoms with Gasteiger partial charge in [0, 0.05) is 7.11 Å². The molecule has 0 bridgehead atoms. The number of anilines is 1. The Morgan fingerprint density at radius 1 is 1.35 bits per heavy atom. The van der Waals surface area contributed by atoms with Crippen molar-refractivity contribution in [3.05, 3.63) is 28.8 Å². The van der Waals surface area contributed by atoms with Gasteiger partial charge in [-0.25, -0.2) is 0 Å². The summed E-state index contributed by atoms with van der Waals surface area (Å²) in [5.74, 6) is -0.587. The summed E-state index contributed by atoms with van der Waals surface area (Å²) < 4.78 is 5.42. The first kappa shape index (κ1) is 17.7. The van der Waals surface area contributed by atoms with Gasteiger partial charge in [-0.15, -0.1) is 0 Å². The van der Waals surface area contributed by atoms with Crippen LogP contribution < -0.4 is 16.0 Å². The van der Waals surface area contributed by atoms with Crippen molar-refractivity contribution < 1.29 is 14.3 Å². The number of carbonyl (C=O) groups is 2. The van der Waals surface area contributed by atoms with Crippen LogP contribution in [-0.4, -0.2) is 44.2 Å². The van der Waals surface area contributed by atoms with E-state index >= 15 is 0 Å². The van der Waals surface area contributed by atoms with Crippen LogP contribution in [0, 0.1) is 6.92 Å². The number of halogens is 1. The summed E-state index contributed by atoms with van der Waals surface area (Å²) in [6, 6.07) is 5.36. The molecule has 0 radical (unpaired) electrons. The summed E-state index contributed by atoms with van der Waals surface area (Å²) in [7, 11) is 1.52. The molecule has 0 aliphatic carbocycles. The average molecular weight is 340 g/mol. The van der Waals surface area contributed by atoms with Crippen LogP contribution in [0.3, 0.4) is 0 Å². The van der Waals surface area contributed by atoms with Gasteiger partial charge in [0.05, 0.1) is 17.3 Å². The molecule has 2 amide bonds. The van der Waals surface area contributed by atoms with Gasteiger partial charge in [-0.05, 0) is 50.6 Å². The summed E-state index contributed by atoms with van der Waals surface area (Å²) >= 11 is 6.07. The van der Waals surface area contributed by atoms with Crippen LogP contribution in [0.1, 0.15) is 18.4 Å². The van der Waals surface area contributed by atoms with Crippen LogP contribution in [0.25, 0.3) is 0 Å². The highest BCUT2D eigenvalue weighted by Crippen LogP contribution is 2.23. The van der Waals surface area contributed by atoms with Gasteiger partial charge in [-0.2, -0.15) is 0 Å². The number of hydrogen-bond acceptors (Lipinski definition) is 4. The summed E-state index contributed by atoms with van der Waals surface area (Å²) in [5.41, 5.74) is 0.682. The third kappa shape index (κ3) is 4.43. The highest BCUT2D eigenvalue weighted by atomic mass is 35.5. The molecule has 3 N–H and O–H groups in total. The van der Waals surface area contributed by atoms with Crippen LogP contribution in [0.4, 0.5) is 5.69 Å².